The maximum atomic E-state index is 6.23. The molecule has 2 heterocycles. The van der Waals surface area contributed by atoms with E-state index in [4.69, 9.17) is 29.0 Å². The van der Waals surface area contributed by atoms with Crippen LogP contribution in [0.25, 0.3) is 0 Å². The van der Waals surface area contributed by atoms with Gasteiger partial charge in [-0.25, -0.2) is 4.98 Å². The quantitative estimate of drug-likeness (QED) is 0.516. The van der Waals surface area contributed by atoms with E-state index in [1.807, 2.05) is 20.0 Å². The van der Waals surface area contributed by atoms with Crippen LogP contribution < -0.4 is 11.3 Å². The van der Waals surface area contributed by atoms with Gasteiger partial charge in [0.2, 0.25) is 0 Å². The first-order chi connectivity index (χ1) is 9.02. The van der Waals surface area contributed by atoms with Crippen molar-refractivity contribution in [3.05, 3.63) is 45.5 Å². The largest absolute Gasteiger partial charge is 0.271 e. The molecule has 0 aromatic carbocycles. The van der Waals surface area contributed by atoms with Crippen molar-refractivity contribution in [2.45, 2.75) is 19.4 Å². The molecule has 19 heavy (non-hydrogen) atoms. The maximum Gasteiger partial charge on any atom is 0.130 e. The molecule has 2 aromatic heterocycles. The maximum absolute atomic E-state index is 6.23. The molecule has 2 aromatic rings. The standard InChI is InChI=1S/C12H15Cl2N5/c1-7-9(12(14)19(2)18-7)6-10(17-15)8-3-4-16-11(13)5-8/h3-5,10,17H,6,15H2,1-2H3. The van der Waals surface area contributed by atoms with Crippen LogP contribution >= 0.6 is 23.2 Å². The monoisotopic (exact) mass is 299 g/mol. The molecule has 0 radical (unpaired) electrons. The molecule has 1 atom stereocenters. The summed E-state index contributed by atoms with van der Waals surface area (Å²) in [5, 5.41) is 5.35. The Kier molecular flexibility index (Phi) is 4.42. The average molecular weight is 300 g/mol. The van der Waals surface area contributed by atoms with Gasteiger partial charge in [-0.3, -0.25) is 16.0 Å². The molecule has 0 saturated carbocycles. The first-order valence-corrected chi connectivity index (χ1v) is 6.54. The summed E-state index contributed by atoms with van der Waals surface area (Å²) in [7, 11) is 1.81. The molecular weight excluding hydrogens is 285 g/mol. The third-order valence-corrected chi connectivity index (χ3v) is 3.71. The number of nitrogens with zero attached hydrogens (tertiary/aromatic N) is 3. The van der Waals surface area contributed by atoms with E-state index in [0.29, 0.717) is 16.7 Å². The minimum Gasteiger partial charge on any atom is -0.271 e. The number of pyridine rings is 1. The minimum atomic E-state index is -0.0964. The summed E-state index contributed by atoms with van der Waals surface area (Å²) in [6.45, 7) is 1.92. The van der Waals surface area contributed by atoms with Crippen LogP contribution in [0.4, 0.5) is 0 Å². The van der Waals surface area contributed by atoms with Gasteiger partial charge >= 0.3 is 0 Å². The number of aromatic nitrogens is 3. The molecule has 1 unspecified atom stereocenters. The molecule has 102 valence electrons. The molecule has 0 spiro atoms. The van der Waals surface area contributed by atoms with Gasteiger partial charge in [0.15, 0.2) is 0 Å². The molecule has 0 fully saturated rings. The fourth-order valence-electron chi connectivity index (χ4n) is 2.02. The van der Waals surface area contributed by atoms with Crippen molar-refractivity contribution < 1.29 is 0 Å². The zero-order valence-corrected chi connectivity index (χ0v) is 12.2. The van der Waals surface area contributed by atoms with Crippen LogP contribution in [-0.4, -0.2) is 14.8 Å². The van der Waals surface area contributed by atoms with Gasteiger partial charge in [0.25, 0.3) is 0 Å². The van der Waals surface area contributed by atoms with Crippen molar-refractivity contribution in [1.29, 1.82) is 0 Å². The Morgan fingerprint density at radius 1 is 1.47 bits per heavy atom. The van der Waals surface area contributed by atoms with Crippen LogP contribution in [0.3, 0.4) is 0 Å². The van der Waals surface area contributed by atoms with Gasteiger partial charge in [-0.05, 0) is 31.0 Å². The lowest BCUT2D eigenvalue weighted by Crippen LogP contribution is -2.29. The van der Waals surface area contributed by atoms with Gasteiger partial charge in [-0.15, -0.1) is 0 Å². The van der Waals surface area contributed by atoms with Crippen LogP contribution in [0.2, 0.25) is 10.3 Å². The number of halogens is 2. The molecule has 0 saturated heterocycles. The van der Waals surface area contributed by atoms with E-state index >= 15 is 0 Å². The van der Waals surface area contributed by atoms with Crippen molar-refractivity contribution in [3.8, 4) is 0 Å². The van der Waals surface area contributed by atoms with Gasteiger partial charge in [0, 0.05) is 18.8 Å². The highest BCUT2D eigenvalue weighted by atomic mass is 35.5. The van der Waals surface area contributed by atoms with Gasteiger partial charge in [0.05, 0.1) is 11.7 Å². The van der Waals surface area contributed by atoms with Crippen LogP contribution in [0, 0.1) is 6.92 Å². The van der Waals surface area contributed by atoms with Gasteiger partial charge in [-0.1, -0.05) is 23.2 Å². The molecule has 5 nitrogen and oxygen atoms in total. The SMILES string of the molecule is Cc1nn(C)c(Cl)c1CC(NN)c1ccnc(Cl)c1. The van der Waals surface area contributed by atoms with Crippen molar-refractivity contribution in [2.24, 2.45) is 12.9 Å². The Morgan fingerprint density at radius 2 is 2.21 bits per heavy atom. The number of rotatable bonds is 4. The van der Waals surface area contributed by atoms with Crippen LogP contribution in [0.1, 0.15) is 22.9 Å². The summed E-state index contributed by atoms with van der Waals surface area (Å²) in [5.41, 5.74) is 5.60. The highest BCUT2D eigenvalue weighted by molar-refractivity contribution is 6.30. The summed E-state index contributed by atoms with van der Waals surface area (Å²) in [5.74, 6) is 5.63. The third kappa shape index (κ3) is 3.06. The van der Waals surface area contributed by atoms with E-state index in [9.17, 15) is 0 Å². The van der Waals surface area contributed by atoms with Crippen molar-refractivity contribution >= 4 is 23.2 Å². The molecular formula is C12H15Cl2N5. The first kappa shape index (κ1) is 14.3. The molecule has 0 aliphatic carbocycles. The van der Waals surface area contributed by atoms with E-state index in [1.165, 1.54) is 0 Å². The van der Waals surface area contributed by atoms with E-state index in [-0.39, 0.29) is 6.04 Å². The molecule has 2 rings (SSSR count). The van der Waals surface area contributed by atoms with E-state index in [0.717, 1.165) is 16.8 Å². The topological polar surface area (TPSA) is 68.8 Å². The van der Waals surface area contributed by atoms with Crippen molar-refractivity contribution in [3.63, 3.8) is 0 Å². The second kappa shape index (κ2) is 5.88. The normalized spacial score (nSPS) is 12.7. The summed E-state index contributed by atoms with van der Waals surface area (Å²) in [6, 6.07) is 3.56. The highest BCUT2D eigenvalue weighted by Crippen LogP contribution is 2.26. The van der Waals surface area contributed by atoms with Gasteiger partial charge in [-0.2, -0.15) is 5.10 Å². The van der Waals surface area contributed by atoms with E-state index in [2.05, 4.69) is 15.5 Å². The molecule has 0 aliphatic heterocycles. The third-order valence-electron chi connectivity index (χ3n) is 3.03. The summed E-state index contributed by atoms with van der Waals surface area (Å²) >= 11 is 12.1. The van der Waals surface area contributed by atoms with Crippen LogP contribution in [0.15, 0.2) is 18.3 Å². The van der Waals surface area contributed by atoms with E-state index in [1.54, 1.807) is 16.9 Å². The summed E-state index contributed by atoms with van der Waals surface area (Å²) in [4.78, 5) is 3.96. The number of nitrogens with two attached hydrogens (primary N) is 1. The van der Waals surface area contributed by atoms with Crippen LogP contribution in [-0.2, 0) is 13.5 Å². The number of nitrogens with one attached hydrogen (secondary N) is 1. The lowest BCUT2D eigenvalue weighted by atomic mass is 10.0. The highest BCUT2D eigenvalue weighted by Gasteiger charge is 2.18. The predicted molar refractivity (Wildman–Crippen MR) is 76.0 cm³/mol. The van der Waals surface area contributed by atoms with Gasteiger partial charge < -0.3 is 0 Å². The average Bonchev–Trinajstić information content (AvgIpc) is 2.61. The van der Waals surface area contributed by atoms with E-state index < -0.39 is 0 Å². The van der Waals surface area contributed by atoms with Crippen molar-refractivity contribution in [1.82, 2.24) is 20.2 Å². The Morgan fingerprint density at radius 3 is 2.74 bits per heavy atom. The Labute approximate surface area is 121 Å². The number of hydrazine groups is 1. The lowest BCUT2D eigenvalue weighted by molar-refractivity contribution is 0.550. The summed E-state index contributed by atoms with van der Waals surface area (Å²) < 4.78 is 1.65. The Hall–Kier alpha value is -1.14. The molecule has 7 heteroatoms. The smallest absolute Gasteiger partial charge is 0.130 e. The summed E-state index contributed by atoms with van der Waals surface area (Å²) in [6.07, 6.45) is 2.29. The Bertz CT molecular complexity index is 581. The number of hydrogen-bond donors (Lipinski definition) is 2. The zero-order chi connectivity index (χ0) is 14.0. The number of hydrogen-bond acceptors (Lipinski definition) is 4. The zero-order valence-electron chi connectivity index (χ0n) is 10.7. The minimum absolute atomic E-state index is 0.0964. The lowest BCUT2D eigenvalue weighted by Gasteiger charge is -2.16. The second-order valence-corrected chi connectivity index (χ2v) is 5.06. The molecule has 0 aliphatic rings. The van der Waals surface area contributed by atoms with Crippen LogP contribution in [0.5, 0.6) is 0 Å². The number of aryl methyl sites for hydroxylation is 2. The fraction of sp³-hybridized carbons (Fsp3) is 0.333. The molecule has 0 bridgehead atoms. The van der Waals surface area contributed by atoms with Crippen molar-refractivity contribution in [2.75, 3.05) is 0 Å². The molecule has 3 N–H and O–H groups in total. The second-order valence-electron chi connectivity index (χ2n) is 4.31. The first-order valence-electron chi connectivity index (χ1n) is 5.78. The van der Waals surface area contributed by atoms with Gasteiger partial charge in [0.1, 0.15) is 10.3 Å². The Balaban J connectivity index is 2.29. The fourth-order valence-corrected chi connectivity index (χ4v) is 2.45. The predicted octanol–water partition coefficient (Wildman–Crippen LogP) is 2.18. The molecule has 0 amide bonds.